The third kappa shape index (κ3) is 5.99. The van der Waals surface area contributed by atoms with Gasteiger partial charge in [0.15, 0.2) is 0 Å². The molecule has 0 unspecified atom stereocenters. The van der Waals surface area contributed by atoms with E-state index < -0.39 is 0 Å². The summed E-state index contributed by atoms with van der Waals surface area (Å²) >= 11 is 1.67. The first-order chi connectivity index (χ1) is 12.1. The molecule has 1 N–H and O–H groups in total. The molecule has 0 aliphatic carbocycles. The predicted octanol–water partition coefficient (Wildman–Crippen LogP) is 2.06. The lowest BCUT2D eigenvalue weighted by molar-refractivity contribution is 0.0451. The van der Waals surface area contributed by atoms with Gasteiger partial charge >= 0.3 is 0 Å². The number of thioether (sulfide) groups is 1. The fourth-order valence-corrected chi connectivity index (χ4v) is 3.85. The largest absolute Gasteiger partial charge is 0.396 e. The van der Waals surface area contributed by atoms with E-state index in [4.69, 9.17) is 4.74 Å². The molecule has 1 aromatic carbocycles. The Hall–Kier alpha value is -1.08. The van der Waals surface area contributed by atoms with Gasteiger partial charge in [-0.1, -0.05) is 0 Å². The highest BCUT2D eigenvalue weighted by Crippen LogP contribution is 2.24. The monoisotopic (exact) mass is 366 g/mol. The zero-order chi connectivity index (χ0) is 18.2. The first-order valence-electron chi connectivity index (χ1n) is 8.79. The molecule has 0 aromatic heterocycles. The van der Waals surface area contributed by atoms with Crippen LogP contribution in [-0.2, 0) is 4.74 Å². The molecule has 140 valence electrons. The van der Waals surface area contributed by atoms with Crippen molar-refractivity contribution in [3.05, 3.63) is 29.8 Å². The summed E-state index contributed by atoms with van der Waals surface area (Å²) in [6.07, 6.45) is 2.99. The molecule has 1 aliphatic rings. The van der Waals surface area contributed by atoms with Gasteiger partial charge in [-0.15, -0.1) is 11.8 Å². The number of ether oxygens (including phenoxy) is 1. The second-order valence-electron chi connectivity index (χ2n) is 6.84. The van der Waals surface area contributed by atoms with Crippen molar-refractivity contribution >= 4 is 17.7 Å². The highest BCUT2D eigenvalue weighted by Gasteiger charge is 2.30. The fourth-order valence-electron chi connectivity index (χ4n) is 3.44. The average molecular weight is 367 g/mol. The summed E-state index contributed by atoms with van der Waals surface area (Å²) in [5, 5.41) is 9.65. The molecule has 5 nitrogen and oxygen atoms in total. The third-order valence-electron chi connectivity index (χ3n) is 4.75. The minimum Gasteiger partial charge on any atom is -0.396 e. The second-order valence-corrected chi connectivity index (χ2v) is 7.72. The summed E-state index contributed by atoms with van der Waals surface area (Å²) in [4.78, 5) is 18.2. The van der Waals surface area contributed by atoms with Crippen LogP contribution in [0.3, 0.4) is 0 Å². The molecular formula is C19H30N2O3S. The van der Waals surface area contributed by atoms with Gasteiger partial charge in [-0.3, -0.25) is 4.79 Å². The molecule has 1 heterocycles. The van der Waals surface area contributed by atoms with Crippen LogP contribution in [0.2, 0.25) is 0 Å². The fraction of sp³-hybridized carbons (Fsp3) is 0.632. The topological polar surface area (TPSA) is 53.0 Å². The SMILES string of the molecule is COCCN(C)C[C@H]1C[C@H](CO)CN(C(=O)c2ccc(SC)cc2)C1. The quantitative estimate of drug-likeness (QED) is 0.714. The Morgan fingerprint density at radius 1 is 1.32 bits per heavy atom. The highest BCUT2D eigenvalue weighted by atomic mass is 32.2. The number of rotatable bonds is 8. The number of hydrogen-bond donors (Lipinski definition) is 1. The number of likely N-dealkylation sites (N-methyl/N-ethyl adjacent to an activating group) is 1. The molecule has 1 aromatic rings. The second kappa shape index (κ2) is 10.2. The van der Waals surface area contributed by atoms with Crippen LogP contribution in [0.1, 0.15) is 16.8 Å². The molecule has 2 atom stereocenters. The third-order valence-corrected chi connectivity index (χ3v) is 5.50. The number of likely N-dealkylation sites (tertiary alicyclic amines) is 1. The van der Waals surface area contributed by atoms with Gasteiger partial charge in [0.05, 0.1) is 6.61 Å². The summed E-state index contributed by atoms with van der Waals surface area (Å²) in [5.74, 6) is 0.599. The van der Waals surface area contributed by atoms with Gasteiger partial charge in [-0.05, 0) is 55.8 Å². The number of methoxy groups -OCH3 is 1. The van der Waals surface area contributed by atoms with Crippen molar-refractivity contribution in [3.63, 3.8) is 0 Å². The predicted molar refractivity (Wildman–Crippen MR) is 102 cm³/mol. The molecule has 1 fully saturated rings. The lowest BCUT2D eigenvalue weighted by Crippen LogP contribution is -2.47. The minimum absolute atomic E-state index is 0.0651. The number of carbonyl (C=O) groups excluding carboxylic acids is 1. The van der Waals surface area contributed by atoms with Gasteiger partial charge in [0, 0.05) is 50.4 Å². The highest BCUT2D eigenvalue weighted by molar-refractivity contribution is 7.98. The molecule has 1 aliphatic heterocycles. The van der Waals surface area contributed by atoms with Crippen LogP contribution in [0.5, 0.6) is 0 Å². The zero-order valence-corrected chi connectivity index (χ0v) is 16.3. The Morgan fingerprint density at radius 3 is 2.60 bits per heavy atom. The number of aliphatic hydroxyl groups is 1. The summed E-state index contributed by atoms with van der Waals surface area (Å²) in [7, 11) is 3.79. The Kier molecular flexibility index (Phi) is 8.22. The Morgan fingerprint density at radius 2 is 2.00 bits per heavy atom. The molecule has 0 radical (unpaired) electrons. The number of aliphatic hydroxyl groups excluding tert-OH is 1. The molecule has 0 bridgehead atoms. The Balaban J connectivity index is 2.01. The first-order valence-corrected chi connectivity index (χ1v) is 10.0. The van der Waals surface area contributed by atoms with Gasteiger partial charge < -0.3 is 19.6 Å². The molecule has 25 heavy (non-hydrogen) atoms. The number of nitrogens with zero attached hydrogens (tertiary/aromatic N) is 2. The lowest BCUT2D eigenvalue weighted by Gasteiger charge is -2.38. The number of amides is 1. The van der Waals surface area contributed by atoms with E-state index in [1.807, 2.05) is 35.4 Å². The molecular weight excluding hydrogens is 336 g/mol. The van der Waals surface area contributed by atoms with E-state index in [0.29, 0.717) is 19.1 Å². The van der Waals surface area contributed by atoms with Gasteiger partial charge in [0.25, 0.3) is 5.91 Å². The van der Waals surface area contributed by atoms with E-state index in [0.717, 1.165) is 36.5 Å². The number of piperidine rings is 1. The van der Waals surface area contributed by atoms with E-state index in [1.165, 1.54) is 0 Å². The Bertz CT molecular complexity index is 538. The van der Waals surface area contributed by atoms with Crippen LogP contribution in [0.15, 0.2) is 29.2 Å². The van der Waals surface area contributed by atoms with Crippen LogP contribution >= 0.6 is 11.8 Å². The smallest absolute Gasteiger partial charge is 0.253 e. The summed E-state index contributed by atoms with van der Waals surface area (Å²) in [6, 6.07) is 7.77. The molecule has 6 heteroatoms. The number of benzene rings is 1. The lowest BCUT2D eigenvalue weighted by atomic mass is 9.89. The van der Waals surface area contributed by atoms with Crippen LogP contribution in [-0.4, -0.2) is 80.6 Å². The van der Waals surface area contributed by atoms with Crippen molar-refractivity contribution in [2.24, 2.45) is 11.8 Å². The van der Waals surface area contributed by atoms with E-state index in [9.17, 15) is 9.90 Å². The molecule has 2 rings (SSSR count). The number of hydrogen-bond acceptors (Lipinski definition) is 5. The standard InChI is InChI=1S/C19H30N2O3S/c1-20(8-9-24-2)11-15-10-16(14-22)13-21(12-15)19(23)17-4-6-18(25-3)7-5-17/h4-7,15-16,22H,8-14H2,1-3H3/t15-,16+/m1/s1. The van der Waals surface area contributed by atoms with Gasteiger partial charge in [-0.2, -0.15) is 0 Å². The van der Waals surface area contributed by atoms with E-state index in [1.54, 1.807) is 18.9 Å². The molecule has 0 spiro atoms. The van der Waals surface area contributed by atoms with E-state index in [-0.39, 0.29) is 18.4 Å². The maximum Gasteiger partial charge on any atom is 0.253 e. The summed E-state index contributed by atoms with van der Waals surface area (Å²) in [6.45, 7) is 4.01. The van der Waals surface area contributed by atoms with Gasteiger partial charge in [0.2, 0.25) is 0 Å². The minimum atomic E-state index is 0.0651. The van der Waals surface area contributed by atoms with Crippen molar-refractivity contribution < 1.29 is 14.6 Å². The zero-order valence-electron chi connectivity index (χ0n) is 15.5. The number of carbonyl (C=O) groups is 1. The van der Waals surface area contributed by atoms with Crippen LogP contribution in [0, 0.1) is 11.8 Å². The van der Waals surface area contributed by atoms with Crippen LogP contribution < -0.4 is 0 Å². The molecule has 1 saturated heterocycles. The maximum absolute atomic E-state index is 12.9. The van der Waals surface area contributed by atoms with E-state index >= 15 is 0 Å². The summed E-state index contributed by atoms with van der Waals surface area (Å²) in [5.41, 5.74) is 0.725. The van der Waals surface area contributed by atoms with Gasteiger partial charge in [0.1, 0.15) is 0 Å². The normalized spacial score (nSPS) is 20.9. The average Bonchev–Trinajstić information content (AvgIpc) is 2.65. The van der Waals surface area contributed by atoms with Crippen molar-refractivity contribution in [2.45, 2.75) is 11.3 Å². The van der Waals surface area contributed by atoms with Crippen molar-refractivity contribution in [1.82, 2.24) is 9.80 Å². The molecule has 0 saturated carbocycles. The van der Waals surface area contributed by atoms with Crippen LogP contribution in [0.4, 0.5) is 0 Å². The van der Waals surface area contributed by atoms with Gasteiger partial charge in [-0.25, -0.2) is 0 Å². The molecule has 1 amide bonds. The van der Waals surface area contributed by atoms with Crippen molar-refractivity contribution in [3.8, 4) is 0 Å². The van der Waals surface area contributed by atoms with Crippen molar-refractivity contribution in [2.75, 3.05) is 59.8 Å². The van der Waals surface area contributed by atoms with E-state index in [2.05, 4.69) is 11.9 Å². The Labute approximate surface area is 155 Å². The van der Waals surface area contributed by atoms with Crippen LogP contribution in [0.25, 0.3) is 0 Å². The van der Waals surface area contributed by atoms with Crippen molar-refractivity contribution in [1.29, 1.82) is 0 Å². The first kappa shape index (κ1) is 20.2. The summed E-state index contributed by atoms with van der Waals surface area (Å²) < 4.78 is 5.13. The maximum atomic E-state index is 12.9.